The SMILES string of the molecule is Cc1noc(C2CN(Cc3ccccc3)CC23CN(C(=O)c2ncccc2F)C3)n1. The van der Waals surface area contributed by atoms with Crippen LogP contribution in [-0.4, -0.2) is 57.0 Å². The summed E-state index contributed by atoms with van der Waals surface area (Å²) in [4.78, 5) is 25.2. The molecule has 8 heteroatoms. The van der Waals surface area contributed by atoms with Crippen LogP contribution in [0.4, 0.5) is 4.39 Å². The molecule has 3 aromatic rings. The van der Waals surface area contributed by atoms with E-state index in [1.165, 1.54) is 23.9 Å². The van der Waals surface area contributed by atoms with Crippen molar-refractivity contribution in [3.8, 4) is 0 Å². The number of likely N-dealkylation sites (tertiary alicyclic amines) is 2. The molecule has 5 rings (SSSR count). The van der Waals surface area contributed by atoms with E-state index >= 15 is 0 Å². The molecule has 1 amide bonds. The van der Waals surface area contributed by atoms with Crippen molar-refractivity contribution in [3.05, 3.63) is 77.5 Å². The first-order valence-electron chi connectivity index (χ1n) is 10.0. The second-order valence-electron chi connectivity index (χ2n) is 8.25. The van der Waals surface area contributed by atoms with Gasteiger partial charge in [0.15, 0.2) is 17.3 Å². The predicted octanol–water partition coefficient (Wildman–Crippen LogP) is 2.65. The highest BCUT2D eigenvalue weighted by molar-refractivity contribution is 5.93. The number of carbonyl (C=O) groups is 1. The van der Waals surface area contributed by atoms with Gasteiger partial charge in [-0.2, -0.15) is 4.98 Å². The van der Waals surface area contributed by atoms with Gasteiger partial charge in [0, 0.05) is 44.3 Å². The summed E-state index contributed by atoms with van der Waals surface area (Å²) >= 11 is 0. The molecule has 1 spiro atoms. The average molecular weight is 407 g/mol. The number of pyridine rings is 1. The topological polar surface area (TPSA) is 75.4 Å². The Morgan fingerprint density at radius 2 is 2.00 bits per heavy atom. The molecular weight excluding hydrogens is 385 g/mol. The Kier molecular flexibility index (Phi) is 4.58. The second kappa shape index (κ2) is 7.28. The molecule has 2 fully saturated rings. The third kappa shape index (κ3) is 3.27. The molecule has 0 radical (unpaired) electrons. The third-order valence-electron chi connectivity index (χ3n) is 6.07. The Labute approximate surface area is 173 Å². The molecule has 0 bridgehead atoms. The summed E-state index contributed by atoms with van der Waals surface area (Å²) in [5.74, 6) is 0.272. The molecule has 2 aliphatic rings. The molecule has 1 unspecified atom stereocenters. The van der Waals surface area contributed by atoms with Gasteiger partial charge in [-0.05, 0) is 24.6 Å². The van der Waals surface area contributed by atoms with Crippen LogP contribution in [0.15, 0.2) is 53.2 Å². The maximum Gasteiger partial charge on any atom is 0.275 e. The zero-order chi connectivity index (χ0) is 20.7. The average Bonchev–Trinajstić information content (AvgIpc) is 3.31. The number of benzene rings is 1. The van der Waals surface area contributed by atoms with Crippen molar-refractivity contribution in [3.63, 3.8) is 0 Å². The number of nitrogens with zero attached hydrogens (tertiary/aromatic N) is 5. The first-order chi connectivity index (χ1) is 14.5. The summed E-state index contributed by atoms with van der Waals surface area (Å²) in [6.45, 7) is 5.23. The monoisotopic (exact) mass is 407 g/mol. The number of aromatic nitrogens is 3. The van der Waals surface area contributed by atoms with Crippen LogP contribution in [0, 0.1) is 18.2 Å². The maximum atomic E-state index is 14.0. The summed E-state index contributed by atoms with van der Waals surface area (Å²) in [5, 5.41) is 3.96. The van der Waals surface area contributed by atoms with Crippen LogP contribution in [0.1, 0.15) is 33.7 Å². The number of halogens is 1. The molecule has 30 heavy (non-hydrogen) atoms. The number of carbonyl (C=O) groups excluding carboxylic acids is 1. The number of amides is 1. The summed E-state index contributed by atoms with van der Waals surface area (Å²) in [5.41, 5.74) is 0.920. The van der Waals surface area contributed by atoms with E-state index in [0.29, 0.717) is 24.8 Å². The maximum absolute atomic E-state index is 14.0. The molecule has 0 N–H and O–H groups in total. The van der Waals surface area contributed by atoms with Crippen LogP contribution < -0.4 is 0 Å². The van der Waals surface area contributed by atoms with Crippen molar-refractivity contribution >= 4 is 5.91 Å². The van der Waals surface area contributed by atoms with Gasteiger partial charge in [0.1, 0.15) is 0 Å². The van der Waals surface area contributed by atoms with E-state index in [9.17, 15) is 9.18 Å². The van der Waals surface area contributed by atoms with Crippen LogP contribution in [0.2, 0.25) is 0 Å². The van der Waals surface area contributed by atoms with E-state index in [1.54, 1.807) is 11.8 Å². The fourth-order valence-corrected chi connectivity index (χ4v) is 4.70. The van der Waals surface area contributed by atoms with Gasteiger partial charge in [0.25, 0.3) is 5.91 Å². The summed E-state index contributed by atoms with van der Waals surface area (Å²) in [7, 11) is 0. The first kappa shape index (κ1) is 18.9. The Morgan fingerprint density at radius 1 is 1.20 bits per heavy atom. The van der Waals surface area contributed by atoms with Gasteiger partial charge in [0.05, 0.1) is 5.92 Å². The highest BCUT2D eigenvalue weighted by atomic mass is 19.1. The van der Waals surface area contributed by atoms with Crippen LogP contribution in [0.25, 0.3) is 0 Å². The minimum absolute atomic E-state index is 0.0278. The molecule has 1 atom stereocenters. The minimum Gasteiger partial charge on any atom is -0.339 e. The molecule has 7 nitrogen and oxygen atoms in total. The first-order valence-corrected chi connectivity index (χ1v) is 10.0. The van der Waals surface area contributed by atoms with Gasteiger partial charge in [-0.3, -0.25) is 9.69 Å². The Hall–Kier alpha value is -3.13. The fourth-order valence-electron chi connectivity index (χ4n) is 4.70. The summed E-state index contributed by atoms with van der Waals surface area (Å²) in [6.07, 6.45) is 1.44. The van der Waals surface area contributed by atoms with Crippen LogP contribution in [0.5, 0.6) is 0 Å². The van der Waals surface area contributed by atoms with Crippen molar-refractivity contribution in [2.24, 2.45) is 5.41 Å². The van der Waals surface area contributed by atoms with E-state index in [2.05, 4.69) is 32.2 Å². The van der Waals surface area contributed by atoms with Crippen molar-refractivity contribution < 1.29 is 13.7 Å². The fraction of sp³-hybridized carbons (Fsp3) is 0.364. The number of rotatable bonds is 4. The molecule has 2 saturated heterocycles. The molecule has 0 saturated carbocycles. The van der Waals surface area contributed by atoms with Crippen molar-refractivity contribution in [1.82, 2.24) is 24.9 Å². The summed E-state index contributed by atoms with van der Waals surface area (Å²) < 4.78 is 19.5. The molecule has 2 aliphatic heterocycles. The van der Waals surface area contributed by atoms with E-state index in [0.717, 1.165) is 19.6 Å². The highest BCUT2D eigenvalue weighted by Gasteiger charge is 2.57. The number of hydrogen-bond acceptors (Lipinski definition) is 6. The zero-order valence-corrected chi connectivity index (χ0v) is 16.7. The van der Waals surface area contributed by atoms with Gasteiger partial charge in [-0.25, -0.2) is 9.37 Å². The van der Waals surface area contributed by atoms with Crippen molar-refractivity contribution in [2.45, 2.75) is 19.4 Å². The lowest BCUT2D eigenvalue weighted by molar-refractivity contribution is -0.00201. The lowest BCUT2D eigenvalue weighted by Gasteiger charge is -2.50. The normalized spacial score (nSPS) is 20.5. The smallest absolute Gasteiger partial charge is 0.275 e. The van der Waals surface area contributed by atoms with E-state index in [-0.39, 0.29) is 22.9 Å². The molecule has 4 heterocycles. The minimum atomic E-state index is -0.593. The molecule has 0 aliphatic carbocycles. The van der Waals surface area contributed by atoms with E-state index < -0.39 is 5.82 Å². The van der Waals surface area contributed by atoms with Gasteiger partial charge < -0.3 is 9.42 Å². The number of hydrogen-bond donors (Lipinski definition) is 0. The van der Waals surface area contributed by atoms with Crippen LogP contribution in [0.3, 0.4) is 0 Å². The largest absolute Gasteiger partial charge is 0.339 e. The zero-order valence-electron chi connectivity index (χ0n) is 16.7. The van der Waals surface area contributed by atoms with Crippen molar-refractivity contribution in [1.29, 1.82) is 0 Å². The van der Waals surface area contributed by atoms with Crippen molar-refractivity contribution in [2.75, 3.05) is 26.2 Å². The van der Waals surface area contributed by atoms with E-state index in [4.69, 9.17) is 4.52 Å². The predicted molar refractivity (Wildman–Crippen MR) is 106 cm³/mol. The Bertz CT molecular complexity index is 1060. The summed E-state index contributed by atoms with van der Waals surface area (Å²) in [6, 6.07) is 13.0. The number of aryl methyl sites for hydroxylation is 1. The molecular formula is C22H22FN5O2. The molecule has 2 aromatic heterocycles. The van der Waals surface area contributed by atoms with Crippen LogP contribution in [-0.2, 0) is 6.54 Å². The Balaban J connectivity index is 1.37. The van der Waals surface area contributed by atoms with Crippen LogP contribution >= 0.6 is 0 Å². The third-order valence-corrected chi connectivity index (χ3v) is 6.07. The second-order valence-corrected chi connectivity index (χ2v) is 8.25. The molecule has 154 valence electrons. The van der Waals surface area contributed by atoms with Gasteiger partial charge in [-0.15, -0.1) is 0 Å². The Morgan fingerprint density at radius 3 is 2.70 bits per heavy atom. The van der Waals surface area contributed by atoms with Gasteiger partial charge >= 0.3 is 0 Å². The lowest BCUT2D eigenvalue weighted by atomic mass is 9.71. The highest BCUT2D eigenvalue weighted by Crippen LogP contribution is 2.49. The van der Waals surface area contributed by atoms with Gasteiger partial charge in [-0.1, -0.05) is 35.5 Å². The standard InChI is InChI=1S/C22H22FN5O2/c1-15-25-20(30-26-15)17-11-27(10-16-6-3-2-4-7-16)12-22(17)13-28(14-22)21(29)19-18(23)8-5-9-24-19/h2-9,17H,10-14H2,1H3. The lowest BCUT2D eigenvalue weighted by Crippen LogP contribution is -2.61. The van der Waals surface area contributed by atoms with E-state index in [1.807, 2.05) is 18.2 Å². The van der Waals surface area contributed by atoms with Gasteiger partial charge in [0.2, 0.25) is 5.89 Å². The molecule has 1 aromatic carbocycles. The quantitative estimate of drug-likeness (QED) is 0.662.